The van der Waals surface area contributed by atoms with Gasteiger partial charge in [0.1, 0.15) is 5.15 Å². The fraction of sp³-hybridized carbons (Fsp3) is 0.333. The minimum Gasteiger partial charge on any atom is -0.369 e. The van der Waals surface area contributed by atoms with Crippen LogP contribution in [0.2, 0.25) is 10.2 Å². The van der Waals surface area contributed by atoms with Crippen LogP contribution in [0.1, 0.15) is 15.9 Å². The summed E-state index contributed by atoms with van der Waals surface area (Å²) < 4.78 is 0. The molecule has 1 saturated heterocycles. The Labute approximate surface area is 157 Å². The zero-order valence-corrected chi connectivity index (χ0v) is 15.7. The van der Waals surface area contributed by atoms with Crippen molar-refractivity contribution in [2.24, 2.45) is 0 Å². The van der Waals surface area contributed by atoms with E-state index in [0.717, 1.165) is 37.4 Å². The predicted octanol–water partition coefficient (Wildman–Crippen LogP) is 3.70. The molecule has 1 fully saturated rings. The van der Waals surface area contributed by atoms with Crippen LogP contribution < -0.4 is 10.2 Å². The second kappa shape index (κ2) is 7.60. The minimum absolute atomic E-state index is 0.186. The van der Waals surface area contributed by atoms with Gasteiger partial charge in [-0.3, -0.25) is 4.79 Å². The van der Waals surface area contributed by atoms with Crippen molar-refractivity contribution in [3.63, 3.8) is 0 Å². The molecule has 3 rings (SSSR count). The van der Waals surface area contributed by atoms with Crippen molar-refractivity contribution in [1.29, 1.82) is 0 Å². The van der Waals surface area contributed by atoms with Crippen LogP contribution in [0, 0.1) is 6.92 Å². The molecule has 0 atom stereocenters. The molecule has 0 unspecified atom stereocenters. The topological polar surface area (TPSA) is 48.5 Å². The molecular weight excluding hydrogens is 359 g/mol. The maximum Gasteiger partial charge on any atom is 0.257 e. The molecule has 0 aliphatic carbocycles. The summed E-state index contributed by atoms with van der Waals surface area (Å²) in [4.78, 5) is 21.0. The Morgan fingerprint density at radius 2 is 1.88 bits per heavy atom. The van der Waals surface area contributed by atoms with E-state index in [0.29, 0.717) is 5.56 Å². The number of rotatable bonds is 3. The van der Waals surface area contributed by atoms with Crippen LogP contribution in [0.5, 0.6) is 0 Å². The van der Waals surface area contributed by atoms with E-state index in [1.54, 1.807) is 0 Å². The van der Waals surface area contributed by atoms with E-state index in [1.165, 1.54) is 18.0 Å². The molecule has 0 bridgehead atoms. The Bertz CT molecular complexity index is 789. The summed E-state index contributed by atoms with van der Waals surface area (Å²) in [5.74, 6) is -0.262. The molecule has 132 valence electrons. The molecule has 1 aromatic heterocycles. The number of nitrogens with one attached hydrogen (secondary N) is 1. The summed E-state index contributed by atoms with van der Waals surface area (Å²) in [7, 11) is 2.14. The summed E-state index contributed by atoms with van der Waals surface area (Å²) in [5.41, 5.74) is 3.34. The first-order valence-electron chi connectivity index (χ1n) is 8.10. The molecule has 7 heteroatoms. The van der Waals surface area contributed by atoms with Crippen molar-refractivity contribution >= 4 is 40.5 Å². The molecule has 1 aliphatic rings. The van der Waals surface area contributed by atoms with E-state index < -0.39 is 0 Å². The fourth-order valence-electron chi connectivity index (χ4n) is 2.79. The Morgan fingerprint density at radius 3 is 2.52 bits per heavy atom. The number of anilines is 2. The number of aryl methyl sites for hydroxylation is 1. The first-order chi connectivity index (χ1) is 11.9. The number of amides is 1. The van der Waals surface area contributed by atoms with Gasteiger partial charge in [0.05, 0.1) is 10.6 Å². The van der Waals surface area contributed by atoms with Gasteiger partial charge in [-0.1, -0.05) is 23.2 Å². The molecule has 5 nitrogen and oxygen atoms in total. The van der Waals surface area contributed by atoms with Crippen molar-refractivity contribution in [3.05, 3.63) is 51.8 Å². The number of hydrogen-bond acceptors (Lipinski definition) is 4. The number of piperazine rings is 1. The standard InChI is InChI=1S/C18H20Cl2N4O/c1-12-9-14(24-7-5-23(2)6-8-24)3-4-16(12)22-18(25)13-10-15(19)17(20)21-11-13/h3-4,9-11H,5-8H2,1-2H3,(H,22,25). The van der Waals surface area contributed by atoms with Gasteiger partial charge in [-0.2, -0.15) is 0 Å². The normalized spacial score (nSPS) is 15.3. The minimum atomic E-state index is -0.262. The van der Waals surface area contributed by atoms with Crippen LogP contribution in [-0.4, -0.2) is 49.0 Å². The molecule has 2 aromatic rings. The van der Waals surface area contributed by atoms with Crippen molar-refractivity contribution in [2.45, 2.75) is 6.92 Å². The summed E-state index contributed by atoms with van der Waals surface area (Å²) in [6.45, 7) is 6.12. The zero-order valence-electron chi connectivity index (χ0n) is 14.2. The highest BCUT2D eigenvalue weighted by molar-refractivity contribution is 6.41. The second-order valence-electron chi connectivity index (χ2n) is 6.24. The number of halogens is 2. The van der Waals surface area contributed by atoms with E-state index in [-0.39, 0.29) is 16.1 Å². The lowest BCUT2D eigenvalue weighted by Crippen LogP contribution is -2.44. The lowest BCUT2D eigenvalue weighted by atomic mass is 10.1. The van der Waals surface area contributed by atoms with Crippen molar-refractivity contribution in [2.75, 3.05) is 43.4 Å². The summed E-state index contributed by atoms with van der Waals surface area (Å²) in [5, 5.41) is 3.35. The number of carbonyl (C=O) groups is 1. The van der Waals surface area contributed by atoms with Gasteiger partial charge in [0.2, 0.25) is 0 Å². The highest BCUT2D eigenvalue weighted by atomic mass is 35.5. The van der Waals surface area contributed by atoms with E-state index in [4.69, 9.17) is 23.2 Å². The van der Waals surface area contributed by atoms with E-state index >= 15 is 0 Å². The Kier molecular flexibility index (Phi) is 5.47. The highest BCUT2D eigenvalue weighted by Crippen LogP contribution is 2.25. The average Bonchev–Trinajstić information content (AvgIpc) is 2.59. The van der Waals surface area contributed by atoms with Crippen LogP contribution in [0.4, 0.5) is 11.4 Å². The number of hydrogen-bond donors (Lipinski definition) is 1. The monoisotopic (exact) mass is 378 g/mol. The predicted molar refractivity (Wildman–Crippen MR) is 103 cm³/mol. The highest BCUT2D eigenvalue weighted by Gasteiger charge is 2.16. The van der Waals surface area contributed by atoms with E-state index in [2.05, 4.69) is 33.2 Å². The molecule has 1 amide bonds. The van der Waals surface area contributed by atoms with Gasteiger partial charge < -0.3 is 15.1 Å². The molecular formula is C18H20Cl2N4O. The van der Waals surface area contributed by atoms with Crippen LogP contribution in [0.3, 0.4) is 0 Å². The van der Waals surface area contributed by atoms with Crippen molar-refractivity contribution < 1.29 is 4.79 Å². The smallest absolute Gasteiger partial charge is 0.257 e. The third-order valence-electron chi connectivity index (χ3n) is 4.39. The maximum atomic E-state index is 12.4. The van der Waals surface area contributed by atoms with Crippen molar-refractivity contribution in [1.82, 2.24) is 9.88 Å². The van der Waals surface area contributed by atoms with Gasteiger partial charge in [0.25, 0.3) is 5.91 Å². The summed E-state index contributed by atoms with van der Waals surface area (Å²) in [6.07, 6.45) is 1.41. The first kappa shape index (κ1) is 18.0. The molecule has 1 aliphatic heterocycles. The number of aromatic nitrogens is 1. The molecule has 0 spiro atoms. The first-order valence-corrected chi connectivity index (χ1v) is 8.86. The summed E-state index contributed by atoms with van der Waals surface area (Å²) in [6, 6.07) is 7.60. The SMILES string of the molecule is Cc1cc(N2CCN(C)CC2)ccc1NC(=O)c1cnc(Cl)c(Cl)c1. The number of likely N-dealkylation sites (N-methyl/N-ethyl adjacent to an activating group) is 1. The molecule has 0 radical (unpaired) electrons. The number of pyridine rings is 1. The number of benzene rings is 1. The Balaban J connectivity index is 1.72. The lowest BCUT2D eigenvalue weighted by molar-refractivity contribution is 0.102. The largest absolute Gasteiger partial charge is 0.369 e. The molecule has 2 heterocycles. The Morgan fingerprint density at radius 1 is 1.16 bits per heavy atom. The van der Waals surface area contributed by atoms with Gasteiger partial charge in [-0.25, -0.2) is 4.98 Å². The quantitative estimate of drug-likeness (QED) is 0.827. The molecule has 1 N–H and O–H groups in total. The van der Waals surface area contributed by atoms with Gasteiger partial charge in [-0.15, -0.1) is 0 Å². The molecule has 1 aromatic carbocycles. The second-order valence-corrected chi connectivity index (χ2v) is 7.01. The van der Waals surface area contributed by atoms with Gasteiger partial charge in [-0.05, 0) is 43.8 Å². The van der Waals surface area contributed by atoms with Crippen LogP contribution >= 0.6 is 23.2 Å². The van der Waals surface area contributed by atoms with Crippen LogP contribution in [0.25, 0.3) is 0 Å². The molecule has 25 heavy (non-hydrogen) atoms. The van der Waals surface area contributed by atoms with Crippen LogP contribution in [0.15, 0.2) is 30.5 Å². The van der Waals surface area contributed by atoms with Crippen LogP contribution in [-0.2, 0) is 0 Å². The number of nitrogens with zero attached hydrogens (tertiary/aromatic N) is 3. The number of carbonyl (C=O) groups excluding carboxylic acids is 1. The van der Waals surface area contributed by atoms with E-state index in [9.17, 15) is 4.79 Å². The fourth-order valence-corrected chi connectivity index (χ4v) is 3.06. The van der Waals surface area contributed by atoms with Gasteiger partial charge >= 0.3 is 0 Å². The molecule has 0 saturated carbocycles. The maximum absolute atomic E-state index is 12.4. The third kappa shape index (κ3) is 4.24. The zero-order chi connectivity index (χ0) is 18.0. The van der Waals surface area contributed by atoms with Crippen molar-refractivity contribution in [3.8, 4) is 0 Å². The average molecular weight is 379 g/mol. The van der Waals surface area contributed by atoms with E-state index in [1.807, 2.05) is 19.1 Å². The summed E-state index contributed by atoms with van der Waals surface area (Å²) >= 11 is 11.7. The Hall–Kier alpha value is -1.82. The third-order valence-corrected chi connectivity index (χ3v) is 5.07. The lowest BCUT2D eigenvalue weighted by Gasteiger charge is -2.34. The van der Waals surface area contributed by atoms with Gasteiger partial charge in [0.15, 0.2) is 0 Å². The van der Waals surface area contributed by atoms with Gasteiger partial charge in [0, 0.05) is 43.8 Å².